The zero-order chi connectivity index (χ0) is 24.7. The molecule has 0 radical (unpaired) electrons. The van der Waals surface area contributed by atoms with Gasteiger partial charge in [-0.1, -0.05) is 69.7 Å². The van der Waals surface area contributed by atoms with Crippen molar-refractivity contribution >= 4 is 6.29 Å². The van der Waals surface area contributed by atoms with E-state index in [1.54, 1.807) is 12.1 Å². The van der Waals surface area contributed by atoms with Crippen molar-refractivity contribution in [1.29, 1.82) is 0 Å². The van der Waals surface area contributed by atoms with Crippen molar-refractivity contribution in [1.82, 2.24) is 0 Å². The zero-order valence-corrected chi connectivity index (χ0v) is 19.1. The van der Waals surface area contributed by atoms with Crippen molar-refractivity contribution in [2.24, 2.45) is 0 Å². The number of carbonyl (C=O) groups is 1. The number of rotatable bonds is 11. The van der Waals surface area contributed by atoms with E-state index in [0.717, 1.165) is 30.9 Å². The third kappa shape index (κ3) is 5.91. The standard InChI is InChI=1S/C28H27F5O/c1-2-3-4-5-6-7-8-9-18-10-12-19(13-11-18)26-21(16-23(29)22(17-34)27(26)32)20-14-24(30)28(33)25(31)15-20/h10-17H,2-9H2,1H3. The molecule has 0 saturated heterocycles. The lowest BCUT2D eigenvalue weighted by Crippen LogP contribution is -2.01. The second-order valence-electron chi connectivity index (χ2n) is 8.45. The van der Waals surface area contributed by atoms with E-state index in [-0.39, 0.29) is 23.0 Å². The van der Waals surface area contributed by atoms with Gasteiger partial charge in [0.25, 0.3) is 0 Å². The van der Waals surface area contributed by atoms with Crippen molar-refractivity contribution in [3.8, 4) is 22.3 Å². The largest absolute Gasteiger partial charge is 0.298 e. The Hall–Kier alpha value is -3.02. The van der Waals surface area contributed by atoms with Crippen molar-refractivity contribution < 1.29 is 26.7 Å². The molecule has 0 unspecified atom stereocenters. The molecule has 0 aliphatic rings. The summed E-state index contributed by atoms with van der Waals surface area (Å²) in [5.41, 5.74) is -0.0442. The average molecular weight is 475 g/mol. The number of halogens is 5. The van der Waals surface area contributed by atoms with E-state index in [2.05, 4.69) is 6.92 Å². The maximum absolute atomic E-state index is 15.2. The van der Waals surface area contributed by atoms with Gasteiger partial charge in [-0.2, -0.15) is 0 Å². The van der Waals surface area contributed by atoms with Gasteiger partial charge in [0.05, 0.1) is 5.56 Å². The van der Waals surface area contributed by atoms with Crippen LogP contribution in [0.1, 0.15) is 67.8 Å². The minimum absolute atomic E-state index is 0.0542. The number of benzene rings is 3. The quantitative estimate of drug-likeness (QED) is 0.117. The van der Waals surface area contributed by atoms with Crippen molar-refractivity contribution in [2.75, 3.05) is 0 Å². The van der Waals surface area contributed by atoms with Crippen LogP contribution < -0.4 is 0 Å². The third-order valence-electron chi connectivity index (χ3n) is 5.98. The number of aryl methyl sites for hydroxylation is 1. The van der Waals surface area contributed by atoms with Gasteiger partial charge < -0.3 is 0 Å². The Kier molecular flexibility index (Phi) is 8.97. The van der Waals surface area contributed by atoms with E-state index in [9.17, 15) is 22.4 Å². The van der Waals surface area contributed by atoms with Gasteiger partial charge in [0.2, 0.25) is 0 Å². The van der Waals surface area contributed by atoms with Crippen LogP contribution in [0.15, 0.2) is 42.5 Å². The van der Waals surface area contributed by atoms with Crippen LogP contribution in [0.3, 0.4) is 0 Å². The average Bonchev–Trinajstić information content (AvgIpc) is 2.82. The second kappa shape index (κ2) is 11.9. The number of unbranched alkanes of at least 4 members (excludes halogenated alkanes) is 6. The fourth-order valence-corrected chi connectivity index (χ4v) is 4.09. The highest BCUT2D eigenvalue weighted by molar-refractivity contribution is 5.89. The monoisotopic (exact) mass is 474 g/mol. The van der Waals surface area contributed by atoms with Gasteiger partial charge in [-0.3, -0.25) is 4.79 Å². The Bertz CT molecular complexity index is 1120. The molecule has 3 aromatic carbocycles. The summed E-state index contributed by atoms with van der Waals surface area (Å²) in [4.78, 5) is 11.3. The van der Waals surface area contributed by atoms with E-state index in [4.69, 9.17) is 0 Å². The first-order valence-electron chi connectivity index (χ1n) is 11.6. The summed E-state index contributed by atoms with van der Waals surface area (Å²) < 4.78 is 70.7. The van der Waals surface area contributed by atoms with Crippen LogP contribution in [0.25, 0.3) is 22.3 Å². The van der Waals surface area contributed by atoms with Crippen LogP contribution in [0.5, 0.6) is 0 Å². The van der Waals surface area contributed by atoms with Gasteiger partial charge >= 0.3 is 0 Å². The highest BCUT2D eigenvalue weighted by Gasteiger charge is 2.22. The van der Waals surface area contributed by atoms with Crippen molar-refractivity contribution in [2.45, 2.75) is 58.3 Å². The molecule has 1 nitrogen and oxygen atoms in total. The molecule has 0 bridgehead atoms. The van der Waals surface area contributed by atoms with E-state index < -0.39 is 34.6 Å². The van der Waals surface area contributed by atoms with Crippen LogP contribution in [0, 0.1) is 29.1 Å². The summed E-state index contributed by atoms with van der Waals surface area (Å²) in [6.07, 6.45) is 9.16. The van der Waals surface area contributed by atoms with Crippen LogP contribution in [0.2, 0.25) is 0 Å². The molecule has 0 aliphatic heterocycles. The van der Waals surface area contributed by atoms with Gasteiger partial charge in [-0.05, 0) is 53.3 Å². The molecular weight excluding hydrogens is 447 g/mol. The molecule has 180 valence electrons. The fourth-order valence-electron chi connectivity index (χ4n) is 4.09. The molecule has 0 N–H and O–H groups in total. The summed E-state index contributed by atoms with van der Waals surface area (Å²) >= 11 is 0. The summed E-state index contributed by atoms with van der Waals surface area (Å²) in [5, 5.41) is 0. The second-order valence-corrected chi connectivity index (χ2v) is 8.45. The van der Waals surface area contributed by atoms with E-state index in [0.29, 0.717) is 17.7 Å². The van der Waals surface area contributed by atoms with E-state index in [1.807, 2.05) is 12.1 Å². The van der Waals surface area contributed by atoms with Gasteiger partial charge in [-0.25, -0.2) is 22.0 Å². The number of hydrogen-bond donors (Lipinski definition) is 0. The zero-order valence-electron chi connectivity index (χ0n) is 19.1. The number of carbonyl (C=O) groups excluding carboxylic acids is 1. The fraction of sp³-hybridized carbons (Fsp3) is 0.321. The highest BCUT2D eigenvalue weighted by atomic mass is 19.2. The van der Waals surface area contributed by atoms with Gasteiger partial charge in [-0.15, -0.1) is 0 Å². The molecule has 0 fully saturated rings. The lowest BCUT2D eigenvalue weighted by molar-refractivity contribution is 0.111. The first-order chi connectivity index (χ1) is 16.4. The maximum atomic E-state index is 15.2. The number of aldehydes is 1. The summed E-state index contributed by atoms with van der Waals surface area (Å²) in [6.45, 7) is 2.18. The van der Waals surface area contributed by atoms with Crippen LogP contribution in [-0.4, -0.2) is 6.29 Å². The molecule has 0 spiro atoms. The Balaban J connectivity index is 1.89. The predicted octanol–water partition coefficient (Wildman–Crippen LogP) is 8.82. The Labute approximate surface area is 196 Å². The molecule has 0 heterocycles. The highest BCUT2D eigenvalue weighted by Crippen LogP contribution is 2.38. The molecule has 6 heteroatoms. The normalized spacial score (nSPS) is 11.1. The lowest BCUT2D eigenvalue weighted by Gasteiger charge is -2.15. The Morgan fingerprint density at radius 1 is 0.676 bits per heavy atom. The van der Waals surface area contributed by atoms with Crippen molar-refractivity contribution in [3.63, 3.8) is 0 Å². The van der Waals surface area contributed by atoms with E-state index >= 15 is 4.39 Å². The van der Waals surface area contributed by atoms with Crippen LogP contribution >= 0.6 is 0 Å². The molecule has 3 rings (SSSR count). The summed E-state index contributed by atoms with van der Waals surface area (Å²) in [7, 11) is 0. The molecule has 0 atom stereocenters. The minimum atomic E-state index is -1.68. The van der Waals surface area contributed by atoms with Crippen LogP contribution in [-0.2, 0) is 6.42 Å². The van der Waals surface area contributed by atoms with Gasteiger partial charge in [0, 0.05) is 5.56 Å². The molecule has 0 amide bonds. The smallest absolute Gasteiger partial charge is 0.194 e. The SMILES string of the molecule is CCCCCCCCCc1ccc(-c2c(-c3cc(F)c(F)c(F)c3)cc(F)c(C=O)c2F)cc1. The van der Waals surface area contributed by atoms with Crippen molar-refractivity contribution in [3.05, 3.63) is 82.7 Å². The summed E-state index contributed by atoms with van der Waals surface area (Å²) in [6, 6.07) is 9.05. The molecule has 34 heavy (non-hydrogen) atoms. The number of hydrogen-bond acceptors (Lipinski definition) is 1. The molecule has 0 aromatic heterocycles. The van der Waals surface area contributed by atoms with Gasteiger partial charge in [0.15, 0.2) is 23.7 Å². The lowest BCUT2D eigenvalue weighted by atomic mass is 9.91. The minimum Gasteiger partial charge on any atom is -0.298 e. The first kappa shape index (κ1) is 25.6. The Morgan fingerprint density at radius 2 is 1.26 bits per heavy atom. The predicted molar refractivity (Wildman–Crippen MR) is 124 cm³/mol. The summed E-state index contributed by atoms with van der Waals surface area (Å²) in [5.74, 6) is -6.95. The maximum Gasteiger partial charge on any atom is 0.194 e. The molecule has 0 saturated carbocycles. The van der Waals surface area contributed by atoms with E-state index in [1.165, 1.54) is 32.1 Å². The third-order valence-corrected chi connectivity index (χ3v) is 5.98. The first-order valence-corrected chi connectivity index (χ1v) is 11.6. The molecule has 3 aromatic rings. The molecular formula is C28H27F5O. The Morgan fingerprint density at radius 3 is 1.85 bits per heavy atom. The van der Waals surface area contributed by atoms with Gasteiger partial charge in [0.1, 0.15) is 11.6 Å². The van der Waals surface area contributed by atoms with Crippen LogP contribution in [0.4, 0.5) is 22.0 Å². The topological polar surface area (TPSA) is 17.1 Å². The molecule has 0 aliphatic carbocycles.